The van der Waals surface area contributed by atoms with Crippen molar-refractivity contribution >= 4 is 11.9 Å². The molecular weight excluding hydrogens is 288 g/mol. The standard InChI is InChI=1S/C16H18O6/c17-13(21-15(19)7-1-8-15)11-3-5-12(6-4-11)14(18)22-16(20)9-2-10-16/h3-6,19-20H,1-2,7-10H2. The maximum atomic E-state index is 11.9. The van der Waals surface area contributed by atoms with Crippen molar-refractivity contribution in [3.05, 3.63) is 35.4 Å². The summed E-state index contributed by atoms with van der Waals surface area (Å²) >= 11 is 0. The van der Waals surface area contributed by atoms with E-state index >= 15 is 0 Å². The first-order chi connectivity index (χ1) is 10.4. The third-order valence-electron chi connectivity index (χ3n) is 4.19. The normalized spacial score (nSPS) is 21.2. The molecule has 0 amide bonds. The first-order valence-corrected chi connectivity index (χ1v) is 7.41. The Balaban J connectivity index is 1.62. The lowest BCUT2D eigenvalue weighted by Gasteiger charge is -2.35. The molecule has 2 N–H and O–H groups in total. The molecule has 3 rings (SSSR count). The highest BCUT2D eigenvalue weighted by Gasteiger charge is 2.39. The number of esters is 2. The third kappa shape index (κ3) is 2.98. The third-order valence-corrected chi connectivity index (χ3v) is 4.19. The summed E-state index contributed by atoms with van der Waals surface area (Å²) in [5.41, 5.74) is 0.499. The average Bonchev–Trinajstić information content (AvgIpc) is 2.44. The van der Waals surface area contributed by atoms with Gasteiger partial charge < -0.3 is 19.7 Å². The van der Waals surface area contributed by atoms with Crippen LogP contribution in [0.3, 0.4) is 0 Å². The van der Waals surface area contributed by atoms with Crippen molar-refractivity contribution < 1.29 is 29.3 Å². The largest absolute Gasteiger partial charge is 0.430 e. The van der Waals surface area contributed by atoms with Crippen LogP contribution in [-0.4, -0.2) is 33.7 Å². The van der Waals surface area contributed by atoms with E-state index in [1.165, 1.54) is 24.3 Å². The van der Waals surface area contributed by atoms with Crippen molar-refractivity contribution in [3.63, 3.8) is 0 Å². The van der Waals surface area contributed by atoms with Crippen LogP contribution in [0.5, 0.6) is 0 Å². The number of benzene rings is 1. The van der Waals surface area contributed by atoms with Gasteiger partial charge in [-0.25, -0.2) is 9.59 Å². The van der Waals surface area contributed by atoms with Gasteiger partial charge in [0.15, 0.2) is 0 Å². The minimum absolute atomic E-state index is 0.249. The Bertz CT molecular complexity index is 530. The molecule has 0 radical (unpaired) electrons. The molecule has 6 nitrogen and oxygen atoms in total. The molecule has 118 valence electrons. The van der Waals surface area contributed by atoms with Crippen LogP contribution in [0.15, 0.2) is 24.3 Å². The number of hydrogen-bond donors (Lipinski definition) is 2. The second-order valence-corrected chi connectivity index (χ2v) is 5.96. The van der Waals surface area contributed by atoms with E-state index in [0.29, 0.717) is 25.7 Å². The number of ether oxygens (including phenoxy) is 2. The van der Waals surface area contributed by atoms with E-state index in [9.17, 15) is 19.8 Å². The van der Waals surface area contributed by atoms with Gasteiger partial charge in [-0.2, -0.15) is 0 Å². The van der Waals surface area contributed by atoms with E-state index in [0.717, 1.165) is 12.8 Å². The van der Waals surface area contributed by atoms with E-state index in [-0.39, 0.29) is 11.1 Å². The molecule has 1 aromatic rings. The number of carbonyl (C=O) groups is 2. The Hall–Kier alpha value is -1.92. The van der Waals surface area contributed by atoms with Crippen molar-refractivity contribution in [2.24, 2.45) is 0 Å². The lowest BCUT2D eigenvalue weighted by Crippen LogP contribution is -2.41. The van der Waals surface area contributed by atoms with Crippen molar-refractivity contribution in [2.75, 3.05) is 0 Å². The van der Waals surface area contributed by atoms with Crippen LogP contribution in [0.25, 0.3) is 0 Å². The molecule has 22 heavy (non-hydrogen) atoms. The minimum atomic E-state index is -1.35. The molecule has 0 unspecified atom stereocenters. The fourth-order valence-corrected chi connectivity index (χ4v) is 2.37. The summed E-state index contributed by atoms with van der Waals surface area (Å²) in [4.78, 5) is 23.8. The van der Waals surface area contributed by atoms with E-state index in [4.69, 9.17) is 9.47 Å². The van der Waals surface area contributed by atoms with Gasteiger partial charge in [0.2, 0.25) is 11.6 Å². The van der Waals surface area contributed by atoms with Crippen LogP contribution in [0.4, 0.5) is 0 Å². The number of aliphatic hydroxyl groups is 2. The van der Waals surface area contributed by atoms with Crippen LogP contribution in [0, 0.1) is 0 Å². The van der Waals surface area contributed by atoms with Gasteiger partial charge in [-0.3, -0.25) is 0 Å². The van der Waals surface area contributed by atoms with Crippen molar-refractivity contribution in [1.29, 1.82) is 0 Å². The Morgan fingerprint density at radius 2 is 1.09 bits per heavy atom. The molecule has 2 fully saturated rings. The van der Waals surface area contributed by atoms with Gasteiger partial charge in [0.1, 0.15) is 0 Å². The fraction of sp³-hybridized carbons (Fsp3) is 0.500. The summed E-state index contributed by atoms with van der Waals surface area (Å²) in [5, 5.41) is 19.6. The topological polar surface area (TPSA) is 93.1 Å². The van der Waals surface area contributed by atoms with Crippen LogP contribution in [-0.2, 0) is 9.47 Å². The zero-order valence-electron chi connectivity index (χ0n) is 12.1. The summed E-state index contributed by atoms with van der Waals surface area (Å²) < 4.78 is 10.1. The van der Waals surface area contributed by atoms with Crippen LogP contribution < -0.4 is 0 Å². The Labute approximate surface area is 127 Å². The summed E-state index contributed by atoms with van der Waals surface area (Å²) in [5.74, 6) is -3.94. The maximum absolute atomic E-state index is 11.9. The highest BCUT2D eigenvalue weighted by molar-refractivity contribution is 5.93. The van der Waals surface area contributed by atoms with Gasteiger partial charge in [0.05, 0.1) is 11.1 Å². The lowest BCUT2D eigenvalue weighted by atomic mass is 9.91. The maximum Gasteiger partial charge on any atom is 0.340 e. The monoisotopic (exact) mass is 306 g/mol. The highest BCUT2D eigenvalue weighted by atomic mass is 16.7. The molecule has 0 spiro atoms. The van der Waals surface area contributed by atoms with Crippen molar-refractivity contribution in [1.82, 2.24) is 0 Å². The number of carbonyl (C=O) groups excluding carboxylic acids is 2. The van der Waals surface area contributed by atoms with E-state index in [2.05, 4.69) is 0 Å². The SMILES string of the molecule is O=C(OC1(O)CCC1)c1ccc(C(=O)OC2(O)CCC2)cc1. The molecule has 0 atom stereocenters. The molecule has 0 aliphatic heterocycles. The van der Waals surface area contributed by atoms with E-state index in [1.807, 2.05) is 0 Å². The predicted octanol–water partition coefficient (Wildman–Crippen LogP) is 1.75. The van der Waals surface area contributed by atoms with E-state index < -0.39 is 23.5 Å². The number of rotatable bonds is 4. The molecule has 6 heteroatoms. The zero-order valence-corrected chi connectivity index (χ0v) is 12.1. The molecule has 0 heterocycles. The zero-order chi connectivity index (χ0) is 15.8. The van der Waals surface area contributed by atoms with Gasteiger partial charge in [0.25, 0.3) is 0 Å². The smallest absolute Gasteiger partial charge is 0.340 e. The molecule has 2 aliphatic rings. The summed E-state index contributed by atoms with van der Waals surface area (Å²) in [6.07, 6.45) is 3.45. The molecule has 1 aromatic carbocycles. The first kappa shape index (κ1) is 15.0. The predicted molar refractivity (Wildman–Crippen MR) is 74.9 cm³/mol. The summed E-state index contributed by atoms with van der Waals surface area (Å²) in [6, 6.07) is 5.75. The second kappa shape index (κ2) is 5.37. The summed E-state index contributed by atoms with van der Waals surface area (Å²) in [6.45, 7) is 0. The molecular formula is C16H18O6. The van der Waals surface area contributed by atoms with Gasteiger partial charge in [-0.05, 0) is 37.1 Å². The van der Waals surface area contributed by atoms with E-state index in [1.54, 1.807) is 0 Å². The Morgan fingerprint density at radius 1 is 0.773 bits per heavy atom. The number of hydrogen-bond acceptors (Lipinski definition) is 6. The summed E-state index contributed by atoms with van der Waals surface area (Å²) in [7, 11) is 0. The molecule has 2 saturated carbocycles. The Kier molecular flexibility index (Phi) is 3.66. The van der Waals surface area contributed by atoms with Crippen LogP contribution in [0.2, 0.25) is 0 Å². The Morgan fingerprint density at radius 3 is 1.32 bits per heavy atom. The minimum Gasteiger partial charge on any atom is -0.430 e. The quantitative estimate of drug-likeness (QED) is 0.650. The van der Waals surface area contributed by atoms with Crippen LogP contribution >= 0.6 is 0 Å². The molecule has 0 aromatic heterocycles. The second-order valence-electron chi connectivity index (χ2n) is 5.96. The molecule has 0 bridgehead atoms. The van der Waals surface area contributed by atoms with Gasteiger partial charge >= 0.3 is 11.9 Å². The average molecular weight is 306 g/mol. The fourth-order valence-electron chi connectivity index (χ4n) is 2.37. The highest BCUT2D eigenvalue weighted by Crippen LogP contribution is 2.34. The van der Waals surface area contributed by atoms with Gasteiger partial charge in [-0.1, -0.05) is 0 Å². The van der Waals surface area contributed by atoms with Crippen molar-refractivity contribution in [2.45, 2.75) is 50.1 Å². The molecule has 0 saturated heterocycles. The van der Waals surface area contributed by atoms with Gasteiger partial charge in [-0.15, -0.1) is 0 Å². The van der Waals surface area contributed by atoms with Gasteiger partial charge in [0, 0.05) is 25.7 Å². The molecule has 2 aliphatic carbocycles. The van der Waals surface area contributed by atoms with Crippen LogP contribution in [0.1, 0.15) is 59.2 Å². The van der Waals surface area contributed by atoms with Crippen molar-refractivity contribution in [3.8, 4) is 0 Å². The lowest BCUT2D eigenvalue weighted by molar-refractivity contribution is -0.212. The first-order valence-electron chi connectivity index (χ1n) is 7.41.